The van der Waals surface area contributed by atoms with Crippen LogP contribution in [-0.2, 0) is 9.47 Å². The molecule has 0 bridgehead atoms. The highest BCUT2D eigenvalue weighted by Crippen LogP contribution is 2.27. The van der Waals surface area contributed by atoms with E-state index in [4.69, 9.17) is 9.47 Å². The second-order valence-corrected chi connectivity index (χ2v) is 7.85. The number of hydrogen-bond donors (Lipinski definition) is 1. The van der Waals surface area contributed by atoms with Crippen LogP contribution in [0.1, 0.15) is 44.3 Å². The lowest BCUT2D eigenvalue weighted by Gasteiger charge is -2.34. The van der Waals surface area contributed by atoms with Crippen molar-refractivity contribution < 1.29 is 9.47 Å². The predicted octanol–water partition coefficient (Wildman–Crippen LogP) is 3.80. The number of benzene rings is 1. The van der Waals surface area contributed by atoms with E-state index < -0.39 is 0 Å². The van der Waals surface area contributed by atoms with Gasteiger partial charge in [-0.2, -0.15) is 11.8 Å². The van der Waals surface area contributed by atoms with Crippen LogP contribution >= 0.6 is 11.8 Å². The maximum absolute atomic E-state index is 6.53. The molecule has 1 N–H and O–H groups in total. The lowest BCUT2D eigenvalue weighted by atomic mass is 10.0. The van der Waals surface area contributed by atoms with Crippen molar-refractivity contribution in [3.05, 3.63) is 35.9 Å². The molecule has 2 aliphatic rings. The summed E-state index contributed by atoms with van der Waals surface area (Å²) in [5.74, 6) is 2.56. The van der Waals surface area contributed by atoms with Gasteiger partial charge in [0.05, 0.1) is 12.2 Å². The smallest absolute Gasteiger partial charge is 0.0978 e. The van der Waals surface area contributed by atoms with Crippen LogP contribution in [0, 0.1) is 0 Å². The van der Waals surface area contributed by atoms with Gasteiger partial charge >= 0.3 is 0 Å². The zero-order valence-corrected chi connectivity index (χ0v) is 14.9. The van der Waals surface area contributed by atoms with E-state index in [2.05, 4.69) is 54.3 Å². The summed E-state index contributed by atoms with van der Waals surface area (Å²) in [5, 5.41) is 3.84. The Morgan fingerprint density at radius 3 is 2.48 bits per heavy atom. The Bertz CT molecular complexity index is 444. The summed E-state index contributed by atoms with van der Waals surface area (Å²) < 4.78 is 12.0. The Labute approximate surface area is 144 Å². The molecule has 23 heavy (non-hydrogen) atoms. The molecule has 2 saturated heterocycles. The maximum Gasteiger partial charge on any atom is 0.0978 e. The number of ether oxygens (including phenoxy) is 2. The molecule has 3 rings (SSSR count). The van der Waals surface area contributed by atoms with Crippen LogP contribution in [0.4, 0.5) is 0 Å². The normalized spacial score (nSPS) is 23.5. The van der Waals surface area contributed by atoms with Gasteiger partial charge in [-0.1, -0.05) is 30.3 Å². The van der Waals surface area contributed by atoms with Gasteiger partial charge in [-0.05, 0) is 49.7 Å². The summed E-state index contributed by atoms with van der Waals surface area (Å²) >= 11 is 2.07. The van der Waals surface area contributed by atoms with Crippen molar-refractivity contribution in [1.29, 1.82) is 0 Å². The minimum absolute atomic E-state index is 0.119. The largest absolute Gasteiger partial charge is 0.381 e. The third kappa shape index (κ3) is 5.21. The fourth-order valence-electron chi connectivity index (χ4n) is 3.47. The van der Waals surface area contributed by atoms with Crippen LogP contribution < -0.4 is 5.32 Å². The molecule has 0 radical (unpaired) electrons. The molecule has 1 aromatic rings. The molecule has 0 amide bonds. The first-order valence-electron chi connectivity index (χ1n) is 8.95. The number of nitrogens with one attached hydrogen (secondary N) is 1. The van der Waals surface area contributed by atoms with Crippen molar-refractivity contribution in [2.45, 2.75) is 56.9 Å². The average molecular weight is 336 g/mol. The molecular weight excluding hydrogens is 306 g/mol. The highest BCUT2D eigenvalue weighted by molar-refractivity contribution is 7.99. The van der Waals surface area contributed by atoms with Gasteiger partial charge in [-0.15, -0.1) is 0 Å². The van der Waals surface area contributed by atoms with Gasteiger partial charge < -0.3 is 14.8 Å². The van der Waals surface area contributed by atoms with E-state index in [0.717, 1.165) is 26.1 Å². The van der Waals surface area contributed by atoms with E-state index in [-0.39, 0.29) is 6.10 Å². The van der Waals surface area contributed by atoms with Crippen molar-refractivity contribution in [1.82, 2.24) is 5.32 Å². The van der Waals surface area contributed by atoms with Gasteiger partial charge in [-0.3, -0.25) is 0 Å². The fourth-order valence-corrected chi connectivity index (χ4v) is 4.58. The molecule has 128 valence electrons. The Morgan fingerprint density at radius 2 is 1.78 bits per heavy atom. The molecule has 0 saturated carbocycles. The zero-order valence-electron chi connectivity index (χ0n) is 14.1. The topological polar surface area (TPSA) is 30.5 Å². The fraction of sp³-hybridized carbons (Fsp3) is 0.684. The highest BCUT2D eigenvalue weighted by Gasteiger charge is 2.27. The van der Waals surface area contributed by atoms with Crippen molar-refractivity contribution in [3.63, 3.8) is 0 Å². The van der Waals surface area contributed by atoms with Crippen LogP contribution in [-0.4, -0.2) is 42.9 Å². The molecule has 0 aromatic heterocycles. The van der Waals surface area contributed by atoms with Crippen molar-refractivity contribution in [3.8, 4) is 0 Å². The van der Waals surface area contributed by atoms with Crippen LogP contribution in [0.5, 0.6) is 0 Å². The molecule has 0 unspecified atom stereocenters. The van der Waals surface area contributed by atoms with Gasteiger partial charge in [0.2, 0.25) is 0 Å². The minimum atomic E-state index is 0.119. The molecule has 0 spiro atoms. The van der Waals surface area contributed by atoms with Gasteiger partial charge in [0.1, 0.15) is 0 Å². The third-order valence-corrected chi connectivity index (χ3v) is 5.86. The van der Waals surface area contributed by atoms with E-state index in [1.165, 1.54) is 29.9 Å². The van der Waals surface area contributed by atoms with E-state index in [1.807, 2.05) is 0 Å². The van der Waals surface area contributed by atoms with E-state index in [1.54, 1.807) is 0 Å². The number of thioether (sulfide) groups is 1. The van der Waals surface area contributed by atoms with Crippen molar-refractivity contribution >= 4 is 11.8 Å². The first-order chi connectivity index (χ1) is 11.3. The second-order valence-electron chi connectivity index (χ2n) is 6.62. The molecule has 4 heteroatoms. The first kappa shape index (κ1) is 17.3. The van der Waals surface area contributed by atoms with Gasteiger partial charge in [-0.25, -0.2) is 0 Å². The summed E-state index contributed by atoms with van der Waals surface area (Å²) in [6.45, 7) is 3.93. The molecule has 2 aliphatic heterocycles. The number of rotatable bonds is 6. The quantitative estimate of drug-likeness (QED) is 0.857. The highest BCUT2D eigenvalue weighted by atomic mass is 32.2. The molecule has 2 atom stereocenters. The summed E-state index contributed by atoms with van der Waals surface area (Å²) in [5.41, 5.74) is 1.28. The van der Waals surface area contributed by atoms with Crippen LogP contribution in [0.15, 0.2) is 30.3 Å². The standard InChI is InChI=1S/C19H29NO2S/c1-15(20-17-9-13-23-14-10-17)19(16-5-3-2-4-6-16)22-18-7-11-21-12-8-18/h2-6,15,17-20H,7-14H2,1H3/t15-,19+/m1/s1. The Morgan fingerprint density at radius 1 is 1.09 bits per heavy atom. The summed E-state index contributed by atoms with van der Waals surface area (Å²) in [6.07, 6.45) is 5.00. The summed E-state index contributed by atoms with van der Waals surface area (Å²) in [6, 6.07) is 11.6. The molecule has 3 nitrogen and oxygen atoms in total. The van der Waals surface area contributed by atoms with Crippen LogP contribution in [0.25, 0.3) is 0 Å². The van der Waals surface area contributed by atoms with E-state index >= 15 is 0 Å². The van der Waals surface area contributed by atoms with Crippen LogP contribution in [0.3, 0.4) is 0 Å². The Hall–Kier alpha value is -0.550. The lowest BCUT2D eigenvalue weighted by Crippen LogP contribution is -2.43. The minimum Gasteiger partial charge on any atom is -0.381 e. The first-order valence-corrected chi connectivity index (χ1v) is 10.1. The van der Waals surface area contributed by atoms with Gasteiger partial charge in [0, 0.05) is 25.3 Å². The zero-order chi connectivity index (χ0) is 15.9. The summed E-state index contributed by atoms with van der Waals surface area (Å²) in [7, 11) is 0. The molecule has 2 heterocycles. The average Bonchev–Trinajstić information content (AvgIpc) is 2.62. The SMILES string of the molecule is C[C@@H](NC1CCSCC1)[C@H](OC1CCOCC1)c1ccccc1. The van der Waals surface area contributed by atoms with Crippen molar-refractivity contribution in [2.75, 3.05) is 24.7 Å². The monoisotopic (exact) mass is 335 g/mol. The van der Waals surface area contributed by atoms with Gasteiger partial charge in [0.25, 0.3) is 0 Å². The predicted molar refractivity (Wildman–Crippen MR) is 97.1 cm³/mol. The Kier molecular flexibility index (Phi) is 6.81. The van der Waals surface area contributed by atoms with E-state index in [9.17, 15) is 0 Å². The lowest BCUT2D eigenvalue weighted by molar-refractivity contribution is -0.0805. The molecular formula is C19H29NO2S. The maximum atomic E-state index is 6.53. The third-order valence-electron chi connectivity index (χ3n) is 4.81. The molecule has 2 fully saturated rings. The second kappa shape index (κ2) is 9.07. The Balaban J connectivity index is 1.65. The molecule has 1 aromatic carbocycles. The van der Waals surface area contributed by atoms with Crippen LogP contribution in [0.2, 0.25) is 0 Å². The number of hydrogen-bond acceptors (Lipinski definition) is 4. The van der Waals surface area contributed by atoms with Gasteiger partial charge in [0.15, 0.2) is 0 Å². The molecule has 0 aliphatic carbocycles. The van der Waals surface area contributed by atoms with E-state index in [0.29, 0.717) is 18.2 Å². The van der Waals surface area contributed by atoms with Crippen molar-refractivity contribution in [2.24, 2.45) is 0 Å². The summed E-state index contributed by atoms with van der Waals surface area (Å²) in [4.78, 5) is 0.